The van der Waals surface area contributed by atoms with Gasteiger partial charge in [0.15, 0.2) is 12.2 Å². The van der Waals surface area contributed by atoms with E-state index in [4.69, 9.17) is 21.7 Å². The monoisotopic (exact) mass is 505 g/mol. The van der Waals surface area contributed by atoms with Crippen LogP contribution in [0.3, 0.4) is 0 Å². The quantitative estimate of drug-likeness (QED) is 0.215. The molecule has 3 aromatic rings. The number of nitrogens with two attached hydrogens (primary N) is 1. The van der Waals surface area contributed by atoms with Gasteiger partial charge in [-0.2, -0.15) is 4.99 Å². The average Bonchev–Trinajstić information content (AvgIpc) is 2.80. The van der Waals surface area contributed by atoms with Crippen molar-refractivity contribution in [3.63, 3.8) is 0 Å². The lowest BCUT2D eigenvalue weighted by atomic mass is 10.1. The summed E-state index contributed by atoms with van der Waals surface area (Å²) in [6, 6.07) is 18.7. The number of quaternary nitrogens is 1. The van der Waals surface area contributed by atoms with Gasteiger partial charge in [-0.15, -0.1) is 13.2 Å². The highest BCUT2D eigenvalue weighted by Gasteiger charge is 2.31. The molecule has 0 aromatic heterocycles. The highest BCUT2D eigenvalue weighted by molar-refractivity contribution is 6.30. The van der Waals surface area contributed by atoms with Gasteiger partial charge in [0.25, 0.3) is 0 Å². The SMILES string of the molecule is CC(OC(=O)Nc1ccc(C(=N)N=C[NH2+]c2ccc(OC(F)(F)F)cc2)cc1)c1ccc(Cl)cc1. The lowest BCUT2D eigenvalue weighted by Gasteiger charge is -2.14. The number of aliphatic imine (C=N–C) groups is 1. The summed E-state index contributed by atoms with van der Waals surface area (Å²) >= 11 is 5.86. The van der Waals surface area contributed by atoms with Gasteiger partial charge in [-0.3, -0.25) is 16.0 Å². The van der Waals surface area contributed by atoms with Crippen LogP contribution in [0.2, 0.25) is 5.02 Å². The second-order valence-electron chi connectivity index (χ2n) is 7.21. The Balaban J connectivity index is 1.48. The standard InChI is InChI=1S/C24H20ClF3N4O3/c1-15(16-2-6-18(25)7-3-16)34-23(33)32-20-8-4-17(5-9-20)22(29)31-14-30-19-10-12-21(13-11-19)35-24(26,27)28/h2-15H,1H3,(H,32,33)(H2,29,30,31)/p+1. The highest BCUT2D eigenvalue weighted by Crippen LogP contribution is 2.23. The molecule has 3 rings (SSSR count). The highest BCUT2D eigenvalue weighted by atomic mass is 35.5. The van der Waals surface area contributed by atoms with E-state index in [0.29, 0.717) is 22.0 Å². The van der Waals surface area contributed by atoms with E-state index < -0.39 is 18.6 Å². The Kier molecular flexibility index (Phi) is 8.45. The third kappa shape index (κ3) is 8.43. The molecule has 1 amide bonds. The van der Waals surface area contributed by atoms with E-state index in [0.717, 1.165) is 5.56 Å². The fraction of sp³-hybridized carbons (Fsp3) is 0.125. The molecule has 0 aliphatic rings. The zero-order chi connectivity index (χ0) is 25.4. The van der Waals surface area contributed by atoms with Crippen LogP contribution in [0.15, 0.2) is 77.8 Å². The molecule has 0 radical (unpaired) electrons. The minimum atomic E-state index is -4.75. The summed E-state index contributed by atoms with van der Waals surface area (Å²) in [6.45, 7) is 1.74. The van der Waals surface area contributed by atoms with E-state index in [1.807, 2.05) is 0 Å². The Hall–Kier alpha value is -3.89. The molecule has 1 atom stereocenters. The van der Waals surface area contributed by atoms with Gasteiger partial charge < -0.3 is 9.47 Å². The summed E-state index contributed by atoms with van der Waals surface area (Å²) in [5, 5.41) is 12.8. The van der Waals surface area contributed by atoms with Crippen molar-refractivity contribution in [2.75, 3.05) is 5.32 Å². The molecule has 0 heterocycles. The molecule has 0 fully saturated rings. The van der Waals surface area contributed by atoms with E-state index in [2.05, 4.69) is 15.0 Å². The predicted molar refractivity (Wildman–Crippen MR) is 126 cm³/mol. The van der Waals surface area contributed by atoms with Crippen LogP contribution >= 0.6 is 11.6 Å². The zero-order valence-corrected chi connectivity index (χ0v) is 19.1. The maximum absolute atomic E-state index is 12.2. The number of anilines is 1. The van der Waals surface area contributed by atoms with Crippen LogP contribution in [0, 0.1) is 5.41 Å². The lowest BCUT2D eigenvalue weighted by Crippen LogP contribution is -2.76. The van der Waals surface area contributed by atoms with Crippen LogP contribution in [0.4, 0.5) is 29.3 Å². The number of hydrogen-bond donors (Lipinski definition) is 3. The second-order valence-corrected chi connectivity index (χ2v) is 7.65. The van der Waals surface area contributed by atoms with E-state index in [9.17, 15) is 18.0 Å². The Morgan fingerprint density at radius 3 is 2.29 bits per heavy atom. The largest absolute Gasteiger partial charge is 0.573 e. The number of nitrogens with one attached hydrogen (secondary N) is 2. The van der Waals surface area contributed by atoms with Crippen molar-refractivity contribution >= 4 is 41.2 Å². The van der Waals surface area contributed by atoms with Gasteiger partial charge in [0, 0.05) is 28.4 Å². The first-order chi connectivity index (χ1) is 16.6. The molecule has 11 heteroatoms. The Morgan fingerprint density at radius 1 is 1.06 bits per heavy atom. The van der Waals surface area contributed by atoms with Crippen molar-refractivity contribution in [1.82, 2.24) is 0 Å². The number of amidine groups is 1. The predicted octanol–water partition coefficient (Wildman–Crippen LogP) is 5.80. The van der Waals surface area contributed by atoms with Crippen LogP contribution in [0.25, 0.3) is 0 Å². The number of hydrogen-bond acceptors (Lipinski definition) is 4. The van der Waals surface area contributed by atoms with Gasteiger partial charge in [0.1, 0.15) is 17.5 Å². The molecule has 0 spiro atoms. The second kappa shape index (κ2) is 11.5. The third-order valence-electron chi connectivity index (χ3n) is 4.61. The van der Waals surface area contributed by atoms with Gasteiger partial charge in [0.2, 0.25) is 0 Å². The van der Waals surface area contributed by atoms with Crippen LogP contribution in [-0.2, 0) is 4.74 Å². The van der Waals surface area contributed by atoms with Crippen molar-refractivity contribution < 1.29 is 32.8 Å². The number of benzene rings is 3. The van der Waals surface area contributed by atoms with Crippen molar-refractivity contribution in [1.29, 1.82) is 5.41 Å². The summed E-state index contributed by atoms with van der Waals surface area (Å²) in [7, 11) is 0. The minimum absolute atomic E-state index is 0.0382. The molecule has 0 saturated heterocycles. The fourth-order valence-electron chi connectivity index (χ4n) is 2.87. The molecule has 1 unspecified atom stereocenters. The third-order valence-corrected chi connectivity index (χ3v) is 4.86. The Bertz CT molecular complexity index is 1180. The summed E-state index contributed by atoms with van der Waals surface area (Å²) in [4.78, 5) is 16.2. The van der Waals surface area contributed by atoms with E-state index in [-0.39, 0.29) is 11.6 Å². The lowest BCUT2D eigenvalue weighted by molar-refractivity contribution is -0.432. The maximum atomic E-state index is 12.2. The van der Waals surface area contributed by atoms with E-state index >= 15 is 0 Å². The summed E-state index contributed by atoms with van der Waals surface area (Å²) in [6.07, 6.45) is -4.49. The number of halogens is 4. The van der Waals surface area contributed by atoms with E-state index in [1.54, 1.807) is 60.8 Å². The summed E-state index contributed by atoms with van der Waals surface area (Å²) in [5.74, 6) is -0.361. The van der Waals surface area contributed by atoms with Crippen molar-refractivity contribution in [3.8, 4) is 5.75 Å². The first kappa shape index (κ1) is 25.7. The molecule has 4 N–H and O–H groups in total. The van der Waals surface area contributed by atoms with Crippen molar-refractivity contribution in [2.24, 2.45) is 4.99 Å². The van der Waals surface area contributed by atoms with Crippen molar-refractivity contribution in [2.45, 2.75) is 19.4 Å². The van der Waals surface area contributed by atoms with Crippen LogP contribution in [-0.4, -0.2) is 24.6 Å². The van der Waals surface area contributed by atoms with Gasteiger partial charge in [-0.25, -0.2) is 4.79 Å². The molecular formula is C24H21ClF3N4O3+. The van der Waals surface area contributed by atoms with Crippen LogP contribution in [0.5, 0.6) is 5.75 Å². The Labute approximate surface area is 204 Å². The zero-order valence-electron chi connectivity index (χ0n) is 18.3. The maximum Gasteiger partial charge on any atom is 0.573 e. The van der Waals surface area contributed by atoms with Gasteiger partial charge in [-0.1, -0.05) is 23.7 Å². The van der Waals surface area contributed by atoms with Gasteiger partial charge in [0.05, 0.1) is 0 Å². The number of nitrogens with zero attached hydrogens (tertiary/aromatic N) is 1. The molecular weight excluding hydrogens is 485 g/mol. The fourth-order valence-corrected chi connectivity index (χ4v) is 3.00. The number of alkyl halides is 3. The van der Waals surface area contributed by atoms with E-state index in [1.165, 1.54) is 30.6 Å². The topological polar surface area (TPSA) is 100 Å². The summed E-state index contributed by atoms with van der Waals surface area (Å²) in [5.41, 5.74) is 2.36. The average molecular weight is 506 g/mol. The van der Waals surface area contributed by atoms with Crippen LogP contribution in [0.1, 0.15) is 24.2 Å². The molecule has 0 aliphatic heterocycles. The molecule has 0 saturated carbocycles. The minimum Gasteiger partial charge on any atom is -0.441 e. The molecule has 7 nitrogen and oxygen atoms in total. The number of amides is 1. The van der Waals surface area contributed by atoms with Crippen LogP contribution < -0.4 is 15.4 Å². The first-order valence-corrected chi connectivity index (χ1v) is 10.6. The molecule has 3 aromatic carbocycles. The van der Waals surface area contributed by atoms with Crippen molar-refractivity contribution in [3.05, 3.63) is 88.9 Å². The number of carbonyl (C=O) groups is 1. The summed E-state index contributed by atoms with van der Waals surface area (Å²) < 4.78 is 45.8. The number of ether oxygens (including phenoxy) is 2. The molecule has 0 aliphatic carbocycles. The smallest absolute Gasteiger partial charge is 0.441 e. The number of carbonyl (C=O) groups excluding carboxylic acids is 1. The van der Waals surface area contributed by atoms with Gasteiger partial charge in [-0.05, 0) is 61.0 Å². The Morgan fingerprint density at radius 2 is 1.69 bits per heavy atom. The molecule has 182 valence electrons. The first-order valence-electron chi connectivity index (χ1n) is 10.2. The normalized spacial score (nSPS) is 12.3. The molecule has 0 bridgehead atoms. The number of rotatable bonds is 7. The molecule has 35 heavy (non-hydrogen) atoms. The van der Waals surface area contributed by atoms with Gasteiger partial charge >= 0.3 is 12.5 Å².